The van der Waals surface area contributed by atoms with Crippen LogP contribution in [0.3, 0.4) is 0 Å². The first-order chi connectivity index (χ1) is 15.2. The van der Waals surface area contributed by atoms with E-state index in [0.717, 1.165) is 49.7 Å². The number of nitrogens with zero attached hydrogens (tertiary/aromatic N) is 1. The number of benzene rings is 1. The van der Waals surface area contributed by atoms with E-state index in [1.807, 2.05) is 18.2 Å². The third-order valence-corrected chi connectivity index (χ3v) is 6.92. The number of thiocarbonyl (C=S) groups is 1. The van der Waals surface area contributed by atoms with Crippen molar-refractivity contribution in [3.05, 3.63) is 34.1 Å². The van der Waals surface area contributed by atoms with E-state index < -0.39 is 0 Å². The van der Waals surface area contributed by atoms with Crippen LogP contribution in [0.25, 0.3) is 10.9 Å². The van der Waals surface area contributed by atoms with Gasteiger partial charge < -0.3 is 29.4 Å². The normalized spacial score (nSPS) is 20.8. The molecular weight excluding hydrogens is 414 g/mol. The molecule has 1 aromatic heterocycles. The number of rotatable bonds is 5. The molecule has 1 atom stereocenters. The highest BCUT2D eigenvalue weighted by Gasteiger charge is 2.26. The molecule has 1 saturated heterocycles. The fourth-order valence-corrected chi connectivity index (χ4v) is 5.11. The first-order valence-corrected chi connectivity index (χ1v) is 11.7. The molecule has 5 rings (SSSR count). The Labute approximate surface area is 187 Å². The SMILES string of the molecule is O=c1[nH]c2cc3c(cc2cc1CN(C(=S)NC[C@H]1CCCO1)C1CCCCC1)OCO3. The molecule has 3 heterocycles. The number of nitrogens with one attached hydrogen (secondary N) is 2. The van der Waals surface area contributed by atoms with Crippen molar-refractivity contribution >= 4 is 28.2 Å². The summed E-state index contributed by atoms with van der Waals surface area (Å²) in [5.74, 6) is 1.38. The number of fused-ring (bicyclic) bond motifs is 2. The predicted octanol–water partition coefficient (Wildman–Crippen LogP) is 3.45. The summed E-state index contributed by atoms with van der Waals surface area (Å²) in [6, 6.07) is 6.06. The van der Waals surface area contributed by atoms with Gasteiger partial charge in [0.15, 0.2) is 16.6 Å². The van der Waals surface area contributed by atoms with Gasteiger partial charge in [0.1, 0.15) is 0 Å². The molecule has 31 heavy (non-hydrogen) atoms. The summed E-state index contributed by atoms with van der Waals surface area (Å²) in [5.41, 5.74) is 1.37. The summed E-state index contributed by atoms with van der Waals surface area (Å²) in [6.07, 6.45) is 8.28. The highest BCUT2D eigenvalue weighted by atomic mass is 32.1. The van der Waals surface area contributed by atoms with Crippen molar-refractivity contribution < 1.29 is 14.2 Å². The summed E-state index contributed by atoms with van der Waals surface area (Å²) in [6.45, 7) is 2.25. The summed E-state index contributed by atoms with van der Waals surface area (Å²) in [5, 5.41) is 5.06. The van der Waals surface area contributed by atoms with Crippen molar-refractivity contribution in [2.24, 2.45) is 0 Å². The van der Waals surface area contributed by atoms with Gasteiger partial charge in [-0.2, -0.15) is 0 Å². The molecule has 0 amide bonds. The number of aromatic nitrogens is 1. The first kappa shape index (κ1) is 20.6. The Kier molecular flexibility index (Phi) is 6.00. The summed E-state index contributed by atoms with van der Waals surface area (Å²) in [7, 11) is 0. The standard InChI is InChI=1S/C23H29N3O4S/c27-22-16(9-15-10-20-21(30-14-29-20)11-19(15)25-22)13-26(17-5-2-1-3-6-17)23(31)24-12-18-7-4-8-28-18/h9-11,17-18H,1-8,12-14H2,(H,24,31)(H,25,27)/t18-/m1/s1. The molecule has 0 bridgehead atoms. The van der Waals surface area contributed by atoms with Crippen molar-refractivity contribution in [1.82, 2.24) is 15.2 Å². The Bertz CT molecular complexity index is 1010. The zero-order valence-electron chi connectivity index (χ0n) is 17.7. The minimum Gasteiger partial charge on any atom is -0.454 e. The van der Waals surface area contributed by atoms with Crippen LogP contribution in [0, 0.1) is 0 Å². The predicted molar refractivity (Wildman–Crippen MR) is 123 cm³/mol. The summed E-state index contributed by atoms with van der Waals surface area (Å²) >= 11 is 5.80. The lowest BCUT2D eigenvalue weighted by molar-refractivity contribution is 0.112. The largest absolute Gasteiger partial charge is 0.454 e. The molecule has 2 fully saturated rings. The fourth-order valence-electron chi connectivity index (χ4n) is 4.81. The van der Waals surface area contributed by atoms with Crippen molar-refractivity contribution in [3.8, 4) is 11.5 Å². The lowest BCUT2D eigenvalue weighted by atomic mass is 9.94. The van der Waals surface area contributed by atoms with Crippen LogP contribution < -0.4 is 20.3 Å². The Hall–Kier alpha value is -2.32. The third-order valence-electron chi connectivity index (χ3n) is 6.54. The van der Waals surface area contributed by atoms with E-state index in [-0.39, 0.29) is 18.5 Å². The van der Waals surface area contributed by atoms with Gasteiger partial charge in [-0.05, 0) is 50.0 Å². The van der Waals surface area contributed by atoms with Gasteiger partial charge in [-0.15, -0.1) is 0 Å². The second-order valence-corrected chi connectivity index (χ2v) is 9.04. The first-order valence-electron chi connectivity index (χ1n) is 11.3. The molecule has 7 nitrogen and oxygen atoms in total. The zero-order chi connectivity index (χ0) is 21.2. The fraction of sp³-hybridized carbons (Fsp3) is 0.565. The van der Waals surface area contributed by atoms with E-state index in [9.17, 15) is 4.79 Å². The molecule has 2 aliphatic heterocycles. The second-order valence-electron chi connectivity index (χ2n) is 8.66. The Morgan fingerprint density at radius 1 is 1.10 bits per heavy atom. The average Bonchev–Trinajstić information content (AvgIpc) is 3.47. The van der Waals surface area contributed by atoms with Gasteiger partial charge in [-0.1, -0.05) is 19.3 Å². The van der Waals surface area contributed by atoms with Crippen LogP contribution >= 0.6 is 12.2 Å². The van der Waals surface area contributed by atoms with Gasteiger partial charge in [0, 0.05) is 36.2 Å². The minimum absolute atomic E-state index is 0.0888. The molecule has 166 valence electrons. The molecule has 3 aliphatic rings. The van der Waals surface area contributed by atoms with Crippen molar-refractivity contribution in [2.45, 2.75) is 63.6 Å². The van der Waals surface area contributed by atoms with Crippen LogP contribution in [0.5, 0.6) is 11.5 Å². The van der Waals surface area contributed by atoms with Crippen LogP contribution in [0.1, 0.15) is 50.5 Å². The number of hydrogen-bond acceptors (Lipinski definition) is 5. The van der Waals surface area contributed by atoms with Gasteiger partial charge >= 0.3 is 0 Å². The number of ether oxygens (including phenoxy) is 3. The van der Waals surface area contributed by atoms with Gasteiger partial charge in [0.25, 0.3) is 5.56 Å². The highest BCUT2D eigenvalue weighted by molar-refractivity contribution is 7.80. The zero-order valence-corrected chi connectivity index (χ0v) is 18.5. The number of hydrogen-bond donors (Lipinski definition) is 2. The molecule has 2 aromatic rings. The maximum Gasteiger partial charge on any atom is 0.253 e. The van der Waals surface area contributed by atoms with Crippen LogP contribution in [-0.2, 0) is 11.3 Å². The minimum atomic E-state index is -0.0888. The average molecular weight is 444 g/mol. The Morgan fingerprint density at radius 3 is 2.68 bits per heavy atom. The molecule has 1 aromatic carbocycles. The van der Waals surface area contributed by atoms with E-state index in [4.69, 9.17) is 26.4 Å². The molecular formula is C23H29N3O4S. The quantitative estimate of drug-likeness (QED) is 0.686. The molecule has 8 heteroatoms. The number of H-pyrrole nitrogens is 1. The van der Waals surface area contributed by atoms with Gasteiger partial charge in [-0.25, -0.2) is 0 Å². The van der Waals surface area contributed by atoms with Crippen LogP contribution in [0.4, 0.5) is 0 Å². The monoisotopic (exact) mass is 443 g/mol. The van der Waals surface area contributed by atoms with Crippen LogP contribution in [0.15, 0.2) is 23.0 Å². The van der Waals surface area contributed by atoms with Crippen molar-refractivity contribution in [1.29, 1.82) is 0 Å². The van der Waals surface area contributed by atoms with Crippen molar-refractivity contribution in [2.75, 3.05) is 19.9 Å². The maximum absolute atomic E-state index is 12.9. The molecule has 1 saturated carbocycles. The molecule has 0 radical (unpaired) electrons. The van der Waals surface area contributed by atoms with Gasteiger partial charge in [0.2, 0.25) is 6.79 Å². The smallest absolute Gasteiger partial charge is 0.253 e. The molecule has 2 N–H and O–H groups in total. The third kappa shape index (κ3) is 4.50. The topological polar surface area (TPSA) is 75.8 Å². The van der Waals surface area contributed by atoms with E-state index in [2.05, 4.69) is 15.2 Å². The second kappa shape index (κ2) is 9.04. The van der Waals surface area contributed by atoms with E-state index in [1.165, 1.54) is 19.3 Å². The maximum atomic E-state index is 12.9. The molecule has 1 aliphatic carbocycles. The molecule has 0 unspecified atom stereocenters. The van der Waals surface area contributed by atoms with Crippen LogP contribution in [-0.4, -0.2) is 47.1 Å². The lowest BCUT2D eigenvalue weighted by Gasteiger charge is -2.36. The lowest BCUT2D eigenvalue weighted by Crippen LogP contribution is -2.48. The summed E-state index contributed by atoms with van der Waals surface area (Å²) < 4.78 is 16.7. The van der Waals surface area contributed by atoms with E-state index in [1.54, 1.807) is 0 Å². The van der Waals surface area contributed by atoms with E-state index >= 15 is 0 Å². The Morgan fingerprint density at radius 2 is 1.90 bits per heavy atom. The highest BCUT2D eigenvalue weighted by Crippen LogP contribution is 2.35. The van der Waals surface area contributed by atoms with Gasteiger partial charge in [0.05, 0.1) is 18.2 Å². The van der Waals surface area contributed by atoms with Crippen LogP contribution in [0.2, 0.25) is 0 Å². The van der Waals surface area contributed by atoms with Gasteiger partial charge in [-0.3, -0.25) is 4.79 Å². The summed E-state index contributed by atoms with van der Waals surface area (Å²) in [4.78, 5) is 18.1. The number of pyridine rings is 1. The van der Waals surface area contributed by atoms with Crippen molar-refractivity contribution in [3.63, 3.8) is 0 Å². The van der Waals surface area contributed by atoms with E-state index in [0.29, 0.717) is 34.8 Å². The molecule has 0 spiro atoms. The Balaban J connectivity index is 1.39. The number of aromatic amines is 1.